The van der Waals surface area contributed by atoms with Crippen LogP contribution in [0.5, 0.6) is 0 Å². The van der Waals surface area contributed by atoms with Crippen LogP contribution in [0.3, 0.4) is 0 Å². The number of nitrogens with zero attached hydrogens (tertiary/aromatic N) is 2. The molecule has 1 aromatic carbocycles. The molecule has 0 bridgehead atoms. The van der Waals surface area contributed by atoms with Gasteiger partial charge in [0.25, 0.3) is 0 Å². The van der Waals surface area contributed by atoms with E-state index in [9.17, 15) is 4.79 Å². The maximum Gasteiger partial charge on any atom is 0.233 e. The van der Waals surface area contributed by atoms with Crippen molar-refractivity contribution in [2.45, 2.75) is 26.7 Å². The van der Waals surface area contributed by atoms with Crippen LogP contribution in [0.25, 0.3) is 10.9 Å². The van der Waals surface area contributed by atoms with Crippen LogP contribution in [0, 0.1) is 25.2 Å². The van der Waals surface area contributed by atoms with Gasteiger partial charge in [0, 0.05) is 15.1 Å². The Morgan fingerprint density at radius 2 is 2.17 bits per heavy atom. The summed E-state index contributed by atoms with van der Waals surface area (Å²) >= 11 is 1.62. The van der Waals surface area contributed by atoms with Gasteiger partial charge in [-0.25, -0.2) is 0 Å². The lowest BCUT2D eigenvalue weighted by Gasteiger charge is -2.09. The SMILES string of the molecule is Cc1ccc(C(C)C(=O)Nc2n[nH]c3cc(C#N)c(C)cc23)s1. The highest BCUT2D eigenvalue weighted by Gasteiger charge is 2.19. The zero-order chi connectivity index (χ0) is 16.6. The molecule has 0 fully saturated rings. The lowest BCUT2D eigenvalue weighted by atomic mass is 10.1. The molecule has 5 nitrogen and oxygen atoms in total. The molecule has 3 rings (SSSR count). The molecule has 0 spiro atoms. The average molecular weight is 324 g/mol. The Bertz CT molecular complexity index is 932. The van der Waals surface area contributed by atoms with Gasteiger partial charge in [0.2, 0.25) is 5.91 Å². The number of hydrogen-bond acceptors (Lipinski definition) is 4. The van der Waals surface area contributed by atoms with Gasteiger partial charge in [0.1, 0.15) is 0 Å². The standard InChI is InChI=1S/C17H16N4OS/c1-9-6-13-14(7-12(9)8-18)20-21-16(13)19-17(22)11(3)15-5-4-10(2)23-15/h4-7,11H,1-3H3,(H2,19,20,21,22). The van der Waals surface area contributed by atoms with Crippen molar-refractivity contribution in [1.82, 2.24) is 10.2 Å². The van der Waals surface area contributed by atoms with Crippen molar-refractivity contribution in [3.8, 4) is 6.07 Å². The monoisotopic (exact) mass is 324 g/mol. The van der Waals surface area contributed by atoms with E-state index in [1.165, 1.54) is 4.88 Å². The van der Waals surface area contributed by atoms with Crippen LogP contribution < -0.4 is 5.32 Å². The van der Waals surface area contributed by atoms with Crippen molar-refractivity contribution in [2.24, 2.45) is 0 Å². The third-order valence-corrected chi connectivity index (χ3v) is 5.03. The largest absolute Gasteiger partial charge is 0.308 e. The Balaban J connectivity index is 1.88. The molecule has 1 unspecified atom stereocenters. The number of aromatic nitrogens is 2. The number of aromatic amines is 1. The van der Waals surface area contributed by atoms with Crippen LogP contribution in [0.4, 0.5) is 5.82 Å². The molecule has 0 aliphatic rings. The first-order valence-electron chi connectivity index (χ1n) is 7.25. The number of anilines is 1. The molecular weight excluding hydrogens is 308 g/mol. The molecular formula is C17H16N4OS. The molecule has 23 heavy (non-hydrogen) atoms. The fourth-order valence-electron chi connectivity index (χ4n) is 2.43. The van der Waals surface area contributed by atoms with E-state index < -0.39 is 0 Å². The van der Waals surface area contributed by atoms with Gasteiger partial charge in [-0.3, -0.25) is 9.89 Å². The molecule has 0 aliphatic heterocycles. The minimum absolute atomic E-state index is 0.0951. The summed E-state index contributed by atoms with van der Waals surface area (Å²) in [5, 5.41) is 19.8. The van der Waals surface area contributed by atoms with Gasteiger partial charge in [-0.05, 0) is 50.6 Å². The molecule has 3 aromatic rings. The van der Waals surface area contributed by atoms with E-state index in [4.69, 9.17) is 5.26 Å². The molecule has 6 heteroatoms. The van der Waals surface area contributed by atoms with Gasteiger partial charge in [0.05, 0.1) is 23.1 Å². The first kappa shape index (κ1) is 15.3. The molecule has 1 atom stereocenters. The maximum atomic E-state index is 12.5. The van der Waals surface area contributed by atoms with E-state index >= 15 is 0 Å². The van der Waals surface area contributed by atoms with Gasteiger partial charge in [-0.1, -0.05) is 0 Å². The summed E-state index contributed by atoms with van der Waals surface area (Å²) in [4.78, 5) is 14.7. The van der Waals surface area contributed by atoms with Crippen molar-refractivity contribution >= 4 is 34.0 Å². The quantitative estimate of drug-likeness (QED) is 0.767. The van der Waals surface area contributed by atoms with E-state index in [-0.39, 0.29) is 11.8 Å². The van der Waals surface area contributed by atoms with Crippen LogP contribution >= 0.6 is 11.3 Å². The fraction of sp³-hybridized carbons (Fsp3) is 0.235. The predicted molar refractivity (Wildman–Crippen MR) is 91.6 cm³/mol. The number of carbonyl (C=O) groups is 1. The minimum atomic E-state index is -0.236. The molecule has 1 amide bonds. The number of carbonyl (C=O) groups excluding carboxylic acids is 1. The summed E-state index contributed by atoms with van der Waals surface area (Å²) < 4.78 is 0. The molecule has 2 aromatic heterocycles. The zero-order valence-electron chi connectivity index (χ0n) is 13.1. The number of benzene rings is 1. The maximum absolute atomic E-state index is 12.5. The number of thiophene rings is 1. The fourth-order valence-corrected chi connectivity index (χ4v) is 3.36. The van der Waals surface area contributed by atoms with Crippen LogP contribution in [0.15, 0.2) is 24.3 Å². The van der Waals surface area contributed by atoms with Gasteiger partial charge in [-0.2, -0.15) is 10.4 Å². The van der Waals surface area contributed by atoms with E-state index in [0.717, 1.165) is 21.3 Å². The van der Waals surface area contributed by atoms with Gasteiger partial charge >= 0.3 is 0 Å². The first-order chi connectivity index (χ1) is 11.0. The number of rotatable bonds is 3. The van der Waals surface area contributed by atoms with Crippen LogP contribution in [-0.4, -0.2) is 16.1 Å². The van der Waals surface area contributed by atoms with Gasteiger partial charge in [-0.15, -0.1) is 11.3 Å². The lowest BCUT2D eigenvalue weighted by molar-refractivity contribution is -0.117. The van der Waals surface area contributed by atoms with Crippen molar-refractivity contribution in [1.29, 1.82) is 5.26 Å². The molecule has 2 heterocycles. The Hall–Kier alpha value is -2.65. The summed E-state index contributed by atoms with van der Waals surface area (Å²) in [6, 6.07) is 9.76. The van der Waals surface area contributed by atoms with Crippen LogP contribution in [-0.2, 0) is 4.79 Å². The van der Waals surface area contributed by atoms with Crippen molar-refractivity contribution < 1.29 is 4.79 Å². The third-order valence-electron chi connectivity index (χ3n) is 3.85. The number of nitrogens with one attached hydrogen (secondary N) is 2. The molecule has 0 radical (unpaired) electrons. The Labute approximate surface area is 138 Å². The van der Waals surface area contributed by atoms with Gasteiger partial charge < -0.3 is 5.32 Å². The highest BCUT2D eigenvalue weighted by atomic mass is 32.1. The predicted octanol–water partition coefficient (Wildman–Crippen LogP) is 3.86. The normalized spacial score (nSPS) is 12.1. The lowest BCUT2D eigenvalue weighted by Crippen LogP contribution is -2.18. The Morgan fingerprint density at radius 3 is 2.83 bits per heavy atom. The summed E-state index contributed by atoms with van der Waals surface area (Å²) in [6.07, 6.45) is 0. The van der Waals surface area contributed by atoms with E-state index in [1.54, 1.807) is 17.4 Å². The summed E-state index contributed by atoms with van der Waals surface area (Å²) in [7, 11) is 0. The number of nitriles is 1. The number of amides is 1. The highest BCUT2D eigenvalue weighted by Crippen LogP contribution is 2.28. The van der Waals surface area contributed by atoms with Crippen LogP contribution in [0.1, 0.15) is 33.7 Å². The summed E-state index contributed by atoms with van der Waals surface area (Å²) in [5.74, 6) is 0.167. The number of fused-ring (bicyclic) bond motifs is 1. The zero-order valence-corrected chi connectivity index (χ0v) is 13.9. The minimum Gasteiger partial charge on any atom is -0.308 e. The molecule has 0 saturated heterocycles. The Morgan fingerprint density at radius 1 is 1.39 bits per heavy atom. The van der Waals surface area contributed by atoms with Crippen LogP contribution in [0.2, 0.25) is 0 Å². The first-order valence-corrected chi connectivity index (χ1v) is 8.07. The summed E-state index contributed by atoms with van der Waals surface area (Å²) in [5.41, 5.74) is 2.20. The number of H-pyrrole nitrogens is 1. The third kappa shape index (κ3) is 2.83. The highest BCUT2D eigenvalue weighted by molar-refractivity contribution is 7.12. The molecule has 0 aliphatic carbocycles. The van der Waals surface area contributed by atoms with Crippen molar-refractivity contribution in [3.05, 3.63) is 45.1 Å². The second-order valence-corrected chi connectivity index (χ2v) is 6.88. The van der Waals surface area contributed by atoms with E-state index in [2.05, 4.69) is 21.6 Å². The smallest absolute Gasteiger partial charge is 0.233 e. The average Bonchev–Trinajstić information content (AvgIpc) is 3.12. The number of aryl methyl sites for hydroxylation is 2. The second-order valence-electron chi connectivity index (χ2n) is 5.56. The van der Waals surface area contributed by atoms with Crippen molar-refractivity contribution in [2.75, 3.05) is 5.32 Å². The van der Waals surface area contributed by atoms with Gasteiger partial charge in [0.15, 0.2) is 5.82 Å². The van der Waals surface area contributed by atoms with E-state index in [1.807, 2.05) is 39.0 Å². The molecule has 0 saturated carbocycles. The van der Waals surface area contributed by atoms with Crippen molar-refractivity contribution in [3.63, 3.8) is 0 Å². The Kier molecular flexibility index (Phi) is 3.89. The molecule has 116 valence electrons. The summed E-state index contributed by atoms with van der Waals surface area (Å²) in [6.45, 7) is 5.78. The van der Waals surface area contributed by atoms with E-state index in [0.29, 0.717) is 11.4 Å². The number of hydrogen-bond donors (Lipinski definition) is 2. The topological polar surface area (TPSA) is 81.6 Å². The second kappa shape index (κ2) is 5.86. The molecule has 2 N–H and O–H groups in total.